The lowest BCUT2D eigenvalue weighted by Crippen LogP contribution is -2.43. The molecular weight excluding hydrogens is 520 g/mol. The second kappa shape index (κ2) is 11.7. The van der Waals surface area contributed by atoms with Gasteiger partial charge in [-0.2, -0.15) is 4.98 Å². The fourth-order valence-electron chi connectivity index (χ4n) is 5.50. The molecule has 216 valence electrons. The van der Waals surface area contributed by atoms with E-state index in [-0.39, 0.29) is 24.0 Å². The van der Waals surface area contributed by atoms with Gasteiger partial charge in [-0.05, 0) is 69.4 Å². The Balaban J connectivity index is 1.43. The van der Waals surface area contributed by atoms with Crippen molar-refractivity contribution in [2.24, 2.45) is 5.41 Å². The molecule has 10 nitrogen and oxygen atoms in total. The van der Waals surface area contributed by atoms with Crippen LogP contribution < -0.4 is 25.2 Å². The molecule has 10 heteroatoms. The number of para-hydroxylation sites is 1. The lowest BCUT2D eigenvalue weighted by Gasteiger charge is -2.32. The molecule has 2 heterocycles. The normalized spacial score (nSPS) is 22.5. The molecule has 3 N–H and O–H groups in total. The molecule has 1 aliphatic carbocycles. The van der Waals surface area contributed by atoms with E-state index in [1.54, 1.807) is 43.5 Å². The molecule has 2 aromatic carbocycles. The predicted octanol–water partition coefficient (Wildman–Crippen LogP) is 4.79. The molecule has 0 bridgehead atoms. The first-order chi connectivity index (χ1) is 19.7. The van der Waals surface area contributed by atoms with E-state index in [4.69, 9.17) is 9.72 Å². The number of fused-ring (bicyclic) bond motifs is 1. The first-order valence-corrected chi connectivity index (χ1v) is 14.1. The highest BCUT2D eigenvalue weighted by Crippen LogP contribution is 2.42. The molecule has 0 saturated heterocycles. The Morgan fingerprint density at radius 3 is 2.56 bits per heavy atom. The number of anilines is 5. The molecule has 1 atom stereocenters. The summed E-state index contributed by atoms with van der Waals surface area (Å²) in [4.78, 5) is 39.5. The van der Waals surface area contributed by atoms with Gasteiger partial charge in [-0.3, -0.25) is 9.59 Å². The zero-order chi connectivity index (χ0) is 29.1. The number of hydrogen-bond acceptors (Lipinski definition) is 8. The van der Waals surface area contributed by atoms with Crippen LogP contribution in [0.3, 0.4) is 0 Å². The van der Waals surface area contributed by atoms with Crippen molar-refractivity contribution < 1.29 is 19.4 Å². The number of benzene rings is 2. The van der Waals surface area contributed by atoms with Gasteiger partial charge < -0.3 is 30.3 Å². The Morgan fingerprint density at radius 2 is 1.88 bits per heavy atom. The number of rotatable bonds is 7. The molecule has 41 heavy (non-hydrogen) atoms. The van der Waals surface area contributed by atoms with E-state index in [0.717, 1.165) is 18.5 Å². The molecule has 1 aromatic heterocycles. The SMILES string of the molecule is CC[C@@]1(C)CN(c2ccccc2)c2nc(Nc3ccc(C(=O)NC4CCC(O)CC4)cc3OC)ncc2N(C)C1=O. The molecule has 2 amide bonds. The van der Waals surface area contributed by atoms with Crippen LogP contribution in [0.25, 0.3) is 0 Å². The van der Waals surface area contributed by atoms with Crippen molar-refractivity contribution in [3.8, 4) is 5.75 Å². The minimum atomic E-state index is -0.615. The summed E-state index contributed by atoms with van der Waals surface area (Å²) >= 11 is 0. The maximum atomic E-state index is 13.5. The molecule has 2 aliphatic rings. The zero-order valence-electron chi connectivity index (χ0n) is 24.1. The minimum absolute atomic E-state index is 0.0175. The van der Waals surface area contributed by atoms with E-state index in [1.807, 2.05) is 44.2 Å². The molecule has 1 saturated carbocycles. The second-order valence-corrected chi connectivity index (χ2v) is 11.1. The Kier molecular flexibility index (Phi) is 8.12. The van der Waals surface area contributed by atoms with Crippen LogP contribution in [-0.2, 0) is 4.79 Å². The van der Waals surface area contributed by atoms with Crippen LogP contribution in [0.2, 0.25) is 0 Å². The van der Waals surface area contributed by atoms with Crippen molar-refractivity contribution in [2.45, 2.75) is 58.1 Å². The molecule has 5 rings (SSSR count). The fraction of sp³-hybridized carbons (Fsp3) is 0.419. The Bertz CT molecular complexity index is 1410. The summed E-state index contributed by atoms with van der Waals surface area (Å²) in [5, 5.41) is 16.1. The maximum absolute atomic E-state index is 13.5. The first kappa shape index (κ1) is 28.4. The highest BCUT2D eigenvalue weighted by atomic mass is 16.5. The van der Waals surface area contributed by atoms with Crippen LogP contribution in [-0.4, -0.2) is 59.7 Å². The molecule has 3 aromatic rings. The van der Waals surface area contributed by atoms with Crippen molar-refractivity contribution in [3.05, 3.63) is 60.3 Å². The van der Waals surface area contributed by atoms with Gasteiger partial charge in [0.15, 0.2) is 5.82 Å². The summed E-state index contributed by atoms with van der Waals surface area (Å²) in [5.41, 5.74) is 2.02. The van der Waals surface area contributed by atoms with Gasteiger partial charge in [-0.15, -0.1) is 0 Å². The largest absolute Gasteiger partial charge is 0.495 e. The summed E-state index contributed by atoms with van der Waals surface area (Å²) in [6.07, 6.45) is 4.97. The topological polar surface area (TPSA) is 120 Å². The van der Waals surface area contributed by atoms with E-state index < -0.39 is 5.41 Å². The lowest BCUT2D eigenvalue weighted by atomic mass is 9.85. The number of nitrogens with one attached hydrogen (secondary N) is 2. The van der Waals surface area contributed by atoms with Crippen molar-refractivity contribution >= 4 is 40.6 Å². The fourth-order valence-corrected chi connectivity index (χ4v) is 5.50. The van der Waals surface area contributed by atoms with Crippen LogP contribution in [0.15, 0.2) is 54.7 Å². The van der Waals surface area contributed by atoms with Crippen LogP contribution >= 0.6 is 0 Å². The quantitative estimate of drug-likeness (QED) is 0.379. The number of nitrogens with zero attached hydrogens (tertiary/aromatic N) is 4. The van der Waals surface area contributed by atoms with Crippen LogP contribution in [0.5, 0.6) is 5.75 Å². The maximum Gasteiger partial charge on any atom is 0.251 e. The number of aliphatic hydroxyl groups is 1. The van der Waals surface area contributed by atoms with Gasteiger partial charge in [0.25, 0.3) is 5.91 Å². The van der Waals surface area contributed by atoms with Gasteiger partial charge in [0.1, 0.15) is 11.4 Å². The molecule has 0 spiro atoms. The van der Waals surface area contributed by atoms with Gasteiger partial charge >= 0.3 is 0 Å². The highest BCUT2D eigenvalue weighted by molar-refractivity contribution is 6.02. The third-order valence-electron chi connectivity index (χ3n) is 8.29. The van der Waals surface area contributed by atoms with Gasteiger partial charge in [0.05, 0.1) is 30.5 Å². The average Bonchev–Trinajstić information content (AvgIpc) is 3.08. The van der Waals surface area contributed by atoms with E-state index >= 15 is 0 Å². The number of carbonyl (C=O) groups excluding carboxylic acids is 2. The number of ether oxygens (including phenoxy) is 1. The van der Waals surface area contributed by atoms with Crippen molar-refractivity contribution in [3.63, 3.8) is 0 Å². The Labute approximate surface area is 240 Å². The highest BCUT2D eigenvalue weighted by Gasteiger charge is 2.41. The van der Waals surface area contributed by atoms with Gasteiger partial charge in [0.2, 0.25) is 11.9 Å². The summed E-state index contributed by atoms with van der Waals surface area (Å²) in [7, 11) is 3.31. The number of amides is 2. The van der Waals surface area contributed by atoms with Gasteiger partial charge in [-0.25, -0.2) is 4.98 Å². The third-order valence-corrected chi connectivity index (χ3v) is 8.29. The van der Waals surface area contributed by atoms with E-state index in [2.05, 4.69) is 20.5 Å². The second-order valence-electron chi connectivity index (χ2n) is 11.1. The Hall–Kier alpha value is -4.18. The van der Waals surface area contributed by atoms with E-state index in [0.29, 0.717) is 60.3 Å². The lowest BCUT2D eigenvalue weighted by molar-refractivity contribution is -0.126. The van der Waals surface area contributed by atoms with Crippen molar-refractivity contribution in [2.75, 3.05) is 35.8 Å². The number of methoxy groups -OCH3 is 1. The van der Waals surface area contributed by atoms with Crippen LogP contribution in [0, 0.1) is 5.41 Å². The number of hydrogen-bond donors (Lipinski definition) is 3. The monoisotopic (exact) mass is 558 g/mol. The third kappa shape index (κ3) is 5.83. The smallest absolute Gasteiger partial charge is 0.251 e. The molecule has 1 fully saturated rings. The first-order valence-electron chi connectivity index (χ1n) is 14.1. The number of aromatic nitrogens is 2. The Morgan fingerprint density at radius 1 is 1.15 bits per heavy atom. The summed E-state index contributed by atoms with van der Waals surface area (Å²) in [5.74, 6) is 1.27. The van der Waals surface area contributed by atoms with Crippen LogP contribution in [0.1, 0.15) is 56.3 Å². The van der Waals surface area contributed by atoms with Crippen LogP contribution in [0.4, 0.5) is 28.8 Å². The standard InChI is InChI=1S/C31H38N6O4/c1-5-31(2)19-37(22-9-7-6-8-10-22)27-25(36(3)29(31)40)18-32-30(35-27)34-24-16-11-20(17-26(24)41-4)28(39)33-21-12-14-23(38)15-13-21/h6-11,16-18,21,23,38H,5,12-15,19H2,1-4H3,(H,33,39)(H,32,34,35)/t21?,23?,31-/m0/s1. The van der Waals surface area contributed by atoms with Crippen molar-refractivity contribution in [1.29, 1.82) is 0 Å². The molecule has 0 unspecified atom stereocenters. The summed E-state index contributed by atoms with van der Waals surface area (Å²) < 4.78 is 5.61. The molecule has 0 radical (unpaired) electrons. The van der Waals surface area contributed by atoms with E-state index in [1.165, 1.54) is 0 Å². The summed E-state index contributed by atoms with van der Waals surface area (Å²) in [6.45, 7) is 4.48. The van der Waals surface area contributed by atoms with Gasteiger partial charge in [-0.1, -0.05) is 25.1 Å². The predicted molar refractivity (Wildman–Crippen MR) is 159 cm³/mol. The summed E-state index contributed by atoms with van der Waals surface area (Å²) in [6, 6.07) is 15.2. The minimum Gasteiger partial charge on any atom is -0.495 e. The van der Waals surface area contributed by atoms with Gasteiger partial charge in [0, 0.05) is 30.9 Å². The zero-order valence-corrected chi connectivity index (χ0v) is 24.1. The van der Waals surface area contributed by atoms with E-state index in [9.17, 15) is 14.7 Å². The average molecular weight is 559 g/mol. The molecular formula is C31H38N6O4. The number of aliphatic hydroxyl groups excluding tert-OH is 1. The number of carbonyl (C=O) groups is 2. The van der Waals surface area contributed by atoms with Crippen molar-refractivity contribution in [1.82, 2.24) is 15.3 Å². The molecule has 1 aliphatic heterocycles.